The number of aliphatic hydroxyl groups excluding tert-OH is 2. The first-order chi connectivity index (χ1) is 36.5. The molecular formula is C68H127NO5. The average molecular weight is 1040 g/mol. The van der Waals surface area contributed by atoms with Gasteiger partial charge in [0, 0.05) is 12.8 Å². The van der Waals surface area contributed by atoms with Crippen LogP contribution in [0.15, 0.2) is 48.6 Å². The second-order valence-corrected chi connectivity index (χ2v) is 22.4. The molecule has 0 aliphatic carbocycles. The van der Waals surface area contributed by atoms with Crippen LogP contribution < -0.4 is 5.32 Å². The second-order valence-electron chi connectivity index (χ2n) is 22.4. The molecule has 0 aliphatic heterocycles. The van der Waals surface area contributed by atoms with Gasteiger partial charge in [-0.1, -0.05) is 294 Å². The second kappa shape index (κ2) is 63.4. The highest BCUT2D eigenvalue weighted by Gasteiger charge is 2.18. The lowest BCUT2D eigenvalue weighted by molar-refractivity contribution is -0.143. The van der Waals surface area contributed by atoms with E-state index in [9.17, 15) is 19.8 Å². The van der Waals surface area contributed by atoms with Crippen molar-refractivity contribution in [3.05, 3.63) is 48.6 Å². The third-order valence-corrected chi connectivity index (χ3v) is 15.1. The lowest BCUT2D eigenvalue weighted by Crippen LogP contribution is -2.45. The zero-order valence-electron chi connectivity index (χ0n) is 49.6. The molecule has 0 spiro atoms. The van der Waals surface area contributed by atoms with E-state index >= 15 is 0 Å². The van der Waals surface area contributed by atoms with Crippen molar-refractivity contribution < 1.29 is 24.5 Å². The van der Waals surface area contributed by atoms with Crippen LogP contribution in [0.1, 0.15) is 348 Å². The summed E-state index contributed by atoms with van der Waals surface area (Å²) >= 11 is 0. The minimum Gasteiger partial charge on any atom is -0.466 e. The zero-order valence-corrected chi connectivity index (χ0v) is 49.6. The van der Waals surface area contributed by atoms with Gasteiger partial charge in [0.2, 0.25) is 5.91 Å². The lowest BCUT2D eigenvalue weighted by Gasteiger charge is -2.20. The molecule has 0 aromatic heterocycles. The summed E-state index contributed by atoms with van der Waals surface area (Å²) in [5.74, 6) is -0.0657. The summed E-state index contributed by atoms with van der Waals surface area (Å²) in [6.45, 7) is 4.89. The Kier molecular flexibility index (Phi) is 61.5. The van der Waals surface area contributed by atoms with E-state index in [1.54, 1.807) is 6.08 Å². The highest BCUT2D eigenvalue weighted by atomic mass is 16.5. The first-order valence-electron chi connectivity index (χ1n) is 32.9. The van der Waals surface area contributed by atoms with Crippen LogP contribution >= 0.6 is 0 Å². The van der Waals surface area contributed by atoms with Crippen LogP contribution in [-0.2, 0) is 14.3 Å². The van der Waals surface area contributed by atoms with Gasteiger partial charge >= 0.3 is 5.97 Å². The normalized spacial score (nSPS) is 12.9. The summed E-state index contributed by atoms with van der Waals surface area (Å²) in [5.41, 5.74) is 0. The van der Waals surface area contributed by atoms with Gasteiger partial charge in [-0.2, -0.15) is 0 Å². The molecular weight excluding hydrogens is 911 g/mol. The highest BCUT2D eigenvalue weighted by molar-refractivity contribution is 5.76. The maximum absolute atomic E-state index is 12.5. The van der Waals surface area contributed by atoms with Crippen molar-refractivity contribution in [3.8, 4) is 0 Å². The van der Waals surface area contributed by atoms with Crippen LogP contribution in [0.4, 0.5) is 0 Å². The van der Waals surface area contributed by atoms with Crippen LogP contribution in [0.25, 0.3) is 0 Å². The molecule has 1 amide bonds. The molecule has 3 N–H and O–H groups in total. The number of hydrogen-bond donors (Lipinski definition) is 3. The Morgan fingerprint density at radius 3 is 1.05 bits per heavy atom. The van der Waals surface area contributed by atoms with Crippen molar-refractivity contribution in [1.29, 1.82) is 0 Å². The fraction of sp³-hybridized carbons (Fsp3) is 0.853. The maximum atomic E-state index is 12.5. The fourth-order valence-electron chi connectivity index (χ4n) is 10.0. The van der Waals surface area contributed by atoms with Gasteiger partial charge in [-0.05, 0) is 89.9 Å². The van der Waals surface area contributed by atoms with Crippen molar-refractivity contribution in [3.63, 3.8) is 0 Å². The molecule has 74 heavy (non-hydrogen) atoms. The lowest BCUT2D eigenvalue weighted by atomic mass is 10.0. The molecule has 0 bridgehead atoms. The molecule has 434 valence electrons. The van der Waals surface area contributed by atoms with E-state index in [0.29, 0.717) is 19.4 Å². The van der Waals surface area contributed by atoms with Crippen molar-refractivity contribution >= 4 is 11.9 Å². The molecule has 0 fully saturated rings. The van der Waals surface area contributed by atoms with Crippen LogP contribution in [0.3, 0.4) is 0 Å². The van der Waals surface area contributed by atoms with Gasteiger partial charge in [0.15, 0.2) is 0 Å². The van der Waals surface area contributed by atoms with Gasteiger partial charge in [0.25, 0.3) is 0 Å². The first kappa shape index (κ1) is 71.8. The summed E-state index contributed by atoms with van der Waals surface area (Å²) in [6.07, 6.45) is 81.7. The van der Waals surface area contributed by atoms with Crippen molar-refractivity contribution in [2.75, 3.05) is 13.2 Å². The number of carbonyl (C=O) groups excluding carboxylic acids is 2. The van der Waals surface area contributed by atoms with Crippen LogP contribution in [-0.4, -0.2) is 47.4 Å². The molecule has 0 aromatic rings. The molecule has 0 rings (SSSR count). The van der Waals surface area contributed by atoms with Gasteiger partial charge in [-0.3, -0.25) is 9.59 Å². The van der Waals surface area contributed by atoms with Crippen molar-refractivity contribution in [1.82, 2.24) is 5.32 Å². The number of amides is 1. The Morgan fingerprint density at radius 1 is 0.378 bits per heavy atom. The van der Waals surface area contributed by atoms with Crippen molar-refractivity contribution in [2.24, 2.45) is 0 Å². The Morgan fingerprint density at radius 2 is 0.676 bits per heavy atom. The summed E-state index contributed by atoms with van der Waals surface area (Å²) in [4.78, 5) is 24.5. The average Bonchev–Trinajstić information content (AvgIpc) is 3.40. The topological polar surface area (TPSA) is 95.9 Å². The molecule has 0 aliphatic rings. The molecule has 2 unspecified atom stereocenters. The third-order valence-electron chi connectivity index (χ3n) is 15.1. The summed E-state index contributed by atoms with van der Waals surface area (Å²) in [7, 11) is 0. The number of unbranched alkanes of at least 4 members (excludes halogenated alkanes) is 44. The Hall–Kier alpha value is -2.18. The monoisotopic (exact) mass is 1040 g/mol. The third kappa shape index (κ3) is 59.1. The van der Waals surface area contributed by atoms with E-state index < -0.39 is 12.1 Å². The minimum atomic E-state index is -0.845. The number of esters is 1. The first-order valence-corrected chi connectivity index (χ1v) is 32.9. The molecule has 0 saturated carbocycles. The SMILES string of the molecule is CCCCCC/C=C\CCCCCCCC(=O)OCCCCCCCCCCC/C=C\C/C=C\CCCCCCCCCCCCCCCC(=O)NC(CO)C(O)/C=C/CCCCCCCCCCCCCCC. The van der Waals surface area contributed by atoms with E-state index in [2.05, 4.69) is 55.6 Å². The standard InChI is InChI=1S/C68H127NO5/c1-3-5-7-9-11-13-15-17-33-37-40-44-48-52-56-60-66(71)65(64-70)69-67(72)61-57-53-49-45-41-38-34-31-29-27-25-23-21-19-18-20-22-24-26-28-30-32-35-39-43-47-51-55-59-63-74-68(73)62-58-54-50-46-42-36-16-14-12-10-8-6-4-2/h14,16,18,20,24,26,56,60,65-66,70-71H,3-13,15,17,19,21-23,25,27-55,57-59,61-64H2,1-2H3,(H,69,72)/b16-14-,20-18-,26-24-,60-56+. The number of allylic oxidation sites excluding steroid dienone is 7. The zero-order chi connectivity index (χ0) is 53.6. The maximum Gasteiger partial charge on any atom is 0.305 e. The molecule has 6 nitrogen and oxygen atoms in total. The fourth-order valence-corrected chi connectivity index (χ4v) is 10.0. The smallest absolute Gasteiger partial charge is 0.305 e. The molecule has 2 atom stereocenters. The van der Waals surface area contributed by atoms with Crippen LogP contribution in [0, 0.1) is 0 Å². The van der Waals surface area contributed by atoms with Gasteiger partial charge in [0.05, 0.1) is 25.4 Å². The Balaban J connectivity index is 3.43. The molecule has 0 radical (unpaired) electrons. The minimum absolute atomic E-state index is 0.00219. The highest BCUT2D eigenvalue weighted by Crippen LogP contribution is 2.17. The summed E-state index contributed by atoms with van der Waals surface area (Å²) in [6, 6.07) is -0.629. The van der Waals surface area contributed by atoms with Crippen LogP contribution in [0.5, 0.6) is 0 Å². The quantitative estimate of drug-likeness (QED) is 0.0320. The predicted octanol–water partition coefficient (Wildman–Crippen LogP) is 20.9. The molecule has 0 aromatic carbocycles. The number of ether oxygens (including phenoxy) is 1. The number of hydrogen-bond acceptors (Lipinski definition) is 5. The van der Waals surface area contributed by atoms with Gasteiger partial charge in [0.1, 0.15) is 0 Å². The van der Waals surface area contributed by atoms with E-state index in [1.807, 2.05) is 6.08 Å². The Labute approximate surface area is 461 Å². The summed E-state index contributed by atoms with van der Waals surface area (Å²) in [5, 5.41) is 23.1. The molecule has 0 heterocycles. The molecule has 6 heteroatoms. The number of rotatable bonds is 61. The number of aliphatic hydroxyl groups is 2. The van der Waals surface area contributed by atoms with E-state index in [1.165, 1.54) is 270 Å². The summed E-state index contributed by atoms with van der Waals surface area (Å²) < 4.78 is 5.47. The Bertz CT molecular complexity index is 1240. The van der Waals surface area contributed by atoms with Crippen LogP contribution in [0.2, 0.25) is 0 Å². The van der Waals surface area contributed by atoms with Gasteiger partial charge < -0.3 is 20.3 Å². The van der Waals surface area contributed by atoms with E-state index in [4.69, 9.17) is 4.74 Å². The predicted molar refractivity (Wildman–Crippen MR) is 324 cm³/mol. The van der Waals surface area contributed by atoms with E-state index in [-0.39, 0.29) is 18.5 Å². The van der Waals surface area contributed by atoms with Gasteiger partial charge in [-0.15, -0.1) is 0 Å². The molecule has 0 saturated heterocycles. The van der Waals surface area contributed by atoms with E-state index in [0.717, 1.165) is 51.4 Å². The van der Waals surface area contributed by atoms with Gasteiger partial charge in [-0.25, -0.2) is 0 Å². The largest absolute Gasteiger partial charge is 0.466 e. The number of nitrogens with one attached hydrogen (secondary N) is 1. The number of carbonyl (C=O) groups is 2. The van der Waals surface area contributed by atoms with Crippen molar-refractivity contribution in [2.45, 2.75) is 360 Å².